The molecule has 16 heavy (non-hydrogen) atoms. The zero-order chi connectivity index (χ0) is 11.1. The number of carbonyl (C=O) groups excluding carboxylic acids is 1. The summed E-state index contributed by atoms with van der Waals surface area (Å²) in [5.74, 6) is -0.173. The van der Waals surface area contributed by atoms with Crippen LogP contribution in [-0.2, 0) is 4.79 Å². The summed E-state index contributed by atoms with van der Waals surface area (Å²) < 4.78 is 0.715. The summed E-state index contributed by atoms with van der Waals surface area (Å²) in [4.78, 5) is 12.9. The summed E-state index contributed by atoms with van der Waals surface area (Å²) in [6.07, 6.45) is 0. The second-order valence-corrected chi connectivity index (χ2v) is 5.40. The summed E-state index contributed by atoms with van der Waals surface area (Å²) in [7, 11) is 0. The number of amides is 1. The summed E-state index contributed by atoms with van der Waals surface area (Å²) in [6.45, 7) is 0. The number of hydrogen-bond donors (Lipinski definition) is 1. The van der Waals surface area contributed by atoms with Crippen molar-refractivity contribution in [3.63, 3.8) is 0 Å². The first-order valence-electron chi connectivity index (χ1n) is 4.91. The molecule has 1 amide bonds. The normalized spacial score (nSPS) is 18.3. The molecular weight excluding hydrogens is 242 g/mol. The number of fused-ring (bicyclic) bond motifs is 1. The molecule has 0 bridgehead atoms. The molecule has 4 heteroatoms. The molecule has 2 aromatic rings. The maximum atomic E-state index is 11.9. The third-order valence-electron chi connectivity index (χ3n) is 2.67. The lowest BCUT2D eigenvalue weighted by molar-refractivity contribution is -0.116. The van der Waals surface area contributed by atoms with Crippen LogP contribution in [0.1, 0.15) is 16.4 Å². The maximum absolute atomic E-state index is 11.9. The molecule has 1 N–H and O–H groups in total. The molecule has 2 nitrogen and oxygen atoms in total. The molecule has 0 aliphatic carbocycles. The molecule has 0 saturated carbocycles. The highest BCUT2D eigenvalue weighted by Crippen LogP contribution is 2.40. The van der Waals surface area contributed by atoms with E-state index in [1.807, 2.05) is 36.4 Å². The molecule has 1 atom stereocenters. The fourth-order valence-electron chi connectivity index (χ4n) is 1.97. The van der Waals surface area contributed by atoms with Gasteiger partial charge in [0.15, 0.2) is 0 Å². The quantitative estimate of drug-likeness (QED) is 0.824. The summed E-state index contributed by atoms with van der Waals surface area (Å²) in [6, 6.07) is 11.5. The first-order chi connectivity index (χ1) is 7.75. The molecule has 80 valence electrons. The Balaban J connectivity index is 2.12. The van der Waals surface area contributed by atoms with E-state index < -0.39 is 0 Å². The van der Waals surface area contributed by atoms with Crippen LogP contribution >= 0.6 is 22.9 Å². The number of nitrogens with one attached hydrogen (secondary N) is 1. The van der Waals surface area contributed by atoms with Crippen LogP contribution in [0.2, 0.25) is 4.34 Å². The van der Waals surface area contributed by atoms with Gasteiger partial charge in [-0.1, -0.05) is 29.8 Å². The number of halogens is 1. The molecule has 0 fully saturated rings. The van der Waals surface area contributed by atoms with E-state index in [1.165, 1.54) is 11.3 Å². The van der Waals surface area contributed by atoms with Gasteiger partial charge in [0.25, 0.3) is 0 Å². The fourth-order valence-corrected chi connectivity index (χ4v) is 3.15. The van der Waals surface area contributed by atoms with Crippen molar-refractivity contribution in [3.05, 3.63) is 51.2 Å². The Morgan fingerprint density at radius 2 is 2.00 bits per heavy atom. The smallest absolute Gasteiger partial charge is 0.237 e. The van der Waals surface area contributed by atoms with E-state index in [2.05, 4.69) is 5.32 Å². The molecule has 0 radical (unpaired) electrons. The van der Waals surface area contributed by atoms with Crippen LogP contribution in [0, 0.1) is 0 Å². The molecule has 0 saturated heterocycles. The Kier molecular flexibility index (Phi) is 2.23. The molecular formula is C12H8ClNOS. The van der Waals surface area contributed by atoms with Crippen molar-refractivity contribution < 1.29 is 4.79 Å². The molecule has 1 aromatic carbocycles. The highest BCUT2D eigenvalue weighted by atomic mass is 35.5. The Hall–Kier alpha value is -1.32. The standard InChI is InChI=1S/C12H8ClNOS/c13-10-6-5-9(16-10)11-7-3-1-2-4-8(7)14-12(11)15/h1-6,11H,(H,14,15). The van der Waals surface area contributed by atoms with Gasteiger partial charge in [-0.3, -0.25) is 4.79 Å². The zero-order valence-corrected chi connectivity index (χ0v) is 9.81. The summed E-state index contributed by atoms with van der Waals surface area (Å²) in [5, 5.41) is 2.88. The van der Waals surface area contributed by atoms with Gasteiger partial charge in [0.2, 0.25) is 5.91 Å². The molecule has 0 spiro atoms. The van der Waals surface area contributed by atoms with Crippen LogP contribution in [0.4, 0.5) is 5.69 Å². The largest absolute Gasteiger partial charge is 0.325 e. The minimum Gasteiger partial charge on any atom is -0.325 e. The van der Waals surface area contributed by atoms with E-state index in [0.29, 0.717) is 4.34 Å². The molecule has 1 aliphatic rings. The van der Waals surface area contributed by atoms with Gasteiger partial charge >= 0.3 is 0 Å². The minimum atomic E-state index is -0.200. The minimum absolute atomic E-state index is 0.0275. The number of carbonyl (C=O) groups is 1. The van der Waals surface area contributed by atoms with Crippen LogP contribution in [0.25, 0.3) is 0 Å². The third kappa shape index (κ3) is 1.44. The second kappa shape index (κ2) is 3.61. The number of anilines is 1. The maximum Gasteiger partial charge on any atom is 0.237 e. The number of benzene rings is 1. The lowest BCUT2D eigenvalue weighted by atomic mass is 9.99. The Labute approximate surface area is 102 Å². The Morgan fingerprint density at radius 3 is 2.75 bits per heavy atom. The molecule has 1 unspecified atom stereocenters. The van der Waals surface area contributed by atoms with Crippen molar-refractivity contribution in [2.75, 3.05) is 5.32 Å². The average Bonchev–Trinajstić information content (AvgIpc) is 2.80. The molecule has 2 heterocycles. The van der Waals surface area contributed by atoms with Gasteiger partial charge in [-0.25, -0.2) is 0 Å². The van der Waals surface area contributed by atoms with Gasteiger partial charge < -0.3 is 5.32 Å². The lowest BCUT2D eigenvalue weighted by Gasteiger charge is -2.04. The van der Waals surface area contributed by atoms with E-state index in [9.17, 15) is 4.79 Å². The van der Waals surface area contributed by atoms with Crippen LogP contribution in [0.3, 0.4) is 0 Å². The van der Waals surface area contributed by atoms with Crippen LogP contribution in [0.15, 0.2) is 36.4 Å². The van der Waals surface area contributed by atoms with E-state index in [4.69, 9.17) is 11.6 Å². The fraction of sp³-hybridized carbons (Fsp3) is 0.0833. The van der Waals surface area contributed by atoms with Crippen molar-refractivity contribution in [1.82, 2.24) is 0 Å². The predicted molar refractivity (Wildman–Crippen MR) is 66.2 cm³/mol. The van der Waals surface area contributed by atoms with E-state index in [-0.39, 0.29) is 11.8 Å². The number of thiophene rings is 1. The Morgan fingerprint density at radius 1 is 1.19 bits per heavy atom. The van der Waals surface area contributed by atoms with Gasteiger partial charge in [0.05, 0.1) is 10.3 Å². The van der Waals surface area contributed by atoms with Crippen molar-refractivity contribution in [2.24, 2.45) is 0 Å². The average molecular weight is 250 g/mol. The van der Waals surface area contributed by atoms with Gasteiger partial charge in [0, 0.05) is 10.6 Å². The zero-order valence-electron chi connectivity index (χ0n) is 8.24. The predicted octanol–water partition coefficient (Wildman–Crippen LogP) is 3.49. The number of rotatable bonds is 1. The summed E-state index contributed by atoms with van der Waals surface area (Å²) in [5.41, 5.74) is 1.94. The second-order valence-electron chi connectivity index (χ2n) is 3.65. The molecule has 1 aromatic heterocycles. The third-order valence-corrected chi connectivity index (χ3v) is 3.97. The van der Waals surface area contributed by atoms with Crippen molar-refractivity contribution in [2.45, 2.75) is 5.92 Å². The van der Waals surface area contributed by atoms with Crippen LogP contribution in [0.5, 0.6) is 0 Å². The van der Waals surface area contributed by atoms with Gasteiger partial charge in [-0.15, -0.1) is 11.3 Å². The molecule has 3 rings (SSSR count). The highest BCUT2D eigenvalue weighted by molar-refractivity contribution is 7.16. The SMILES string of the molecule is O=C1Nc2ccccc2C1c1ccc(Cl)s1. The van der Waals surface area contributed by atoms with Crippen molar-refractivity contribution >= 4 is 34.5 Å². The summed E-state index contributed by atoms with van der Waals surface area (Å²) >= 11 is 7.36. The van der Waals surface area contributed by atoms with Gasteiger partial charge in [-0.2, -0.15) is 0 Å². The van der Waals surface area contributed by atoms with E-state index in [0.717, 1.165) is 16.1 Å². The van der Waals surface area contributed by atoms with Crippen LogP contribution in [-0.4, -0.2) is 5.91 Å². The molecule has 1 aliphatic heterocycles. The number of para-hydroxylation sites is 1. The van der Waals surface area contributed by atoms with E-state index >= 15 is 0 Å². The van der Waals surface area contributed by atoms with E-state index in [1.54, 1.807) is 0 Å². The first kappa shape index (κ1) is 9.87. The van der Waals surface area contributed by atoms with Gasteiger partial charge in [-0.05, 0) is 23.8 Å². The highest BCUT2D eigenvalue weighted by Gasteiger charge is 2.32. The lowest BCUT2D eigenvalue weighted by Crippen LogP contribution is -2.11. The monoisotopic (exact) mass is 249 g/mol. The van der Waals surface area contributed by atoms with Crippen LogP contribution < -0.4 is 5.32 Å². The first-order valence-corrected chi connectivity index (χ1v) is 6.10. The van der Waals surface area contributed by atoms with Crippen molar-refractivity contribution in [1.29, 1.82) is 0 Å². The topological polar surface area (TPSA) is 29.1 Å². The Bertz CT molecular complexity index is 564. The number of hydrogen-bond acceptors (Lipinski definition) is 2. The van der Waals surface area contributed by atoms with Gasteiger partial charge in [0.1, 0.15) is 0 Å². The van der Waals surface area contributed by atoms with Crippen molar-refractivity contribution in [3.8, 4) is 0 Å².